The lowest BCUT2D eigenvalue weighted by Gasteiger charge is -2.28. The highest BCUT2D eigenvalue weighted by Gasteiger charge is 2.23. The molecule has 3 nitrogen and oxygen atoms in total. The topological polar surface area (TPSA) is 35.5 Å². The fraction of sp³-hybridized carbons (Fsp3) is 0.429. The molecular formula is C21H28BrNO2S. The molecule has 1 unspecified atom stereocenters. The van der Waals surface area contributed by atoms with Crippen LogP contribution in [0.4, 0.5) is 5.69 Å². The average molecular weight is 438 g/mol. The molecule has 0 saturated carbocycles. The molecule has 26 heavy (non-hydrogen) atoms. The van der Waals surface area contributed by atoms with Gasteiger partial charge in [0.05, 0.1) is 5.69 Å². The quantitative estimate of drug-likeness (QED) is 0.404. The summed E-state index contributed by atoms with van der Waals surface area (Å²) in [6, 6.07) is 13.7. The third-order valence-electron chi connectivity index (χ3n) is 4.18. The molecule has 0 saturated heterocycles. The number of benzene rings is 2. The lowest BCUT2D eigenvalue weighted by Crippen LogP contribution is -2.26. The van der Waals surface area contributed by atoms with Gasteiger partial charge in [-0.3, -0.25) is 0 Å². The number of halogens is 1. The smallest absolute Gasteiger partial charge is 0.205 e. The minimum absolute atomic E-state index is 0.701. The summed E-state index contributed by atoms with van der Waals surface area (Å²) < 4.78 is 19.6. The van der Waals surface area contributed by atoms with E-state index >= 15 is 0 Å². The first-order chi connectivity index (χ1) is 12.6. The summed E-state index contributed by atoms with van der Waals surface area (Å²) >= 11 is 2.44. The van der Waals surface area contributed by atoms with Crippen molar-refractivity contribution in [2.45, 2.75) is 44.4 Å². The third-order valence-corrected chi connectivity index (χ3v) is 5.56. The number of anilines is 1. The highest BCUT2D eigenvalue weighted by Crippen LogP contribution is 2.41. The summed E-state index contributed by atoms with van der Waals surface area (Å²) in [5.41, 5.74) is 1.01. The standard InChI is InChI=1S/C21H28BrNO2S/c1-4-6-13-23(14-7-5-2)19-15-17(22)16-20(26(3)24)21(19)25-18-11-9-8-10-12-18/h8-12,15-16H,4-7,13-14H2,1-3H3. The van der Waals surface area contributed by atoms with Crippen LogP contribution >= 0.6 is 15.9 Å². The van der Waals surface area contributed by atoms with Gasteiger partial charge in [0.1, 0.15) is 12.0 Å². The molecule has 5 heteroatoms. The van der Waals surface area contributed by atoms with Gasteiger partial charge in [-0.25, -0.2) is 0 Å². The van der Waals surface area contributed by atoms with E-state index in [1.807, 2.05) is 36.4 Å². The third kappa shape index (κ3) is 5.93. The minimum atomic E-state index is -1.14. The Morgan fingerprint density at radius 1 is 1.04 bits per heavy atom. The van der Waals surface area contributed by atoms with Crippen molar-refractivity contribution in [3.8, 4) is 11.5 Å². The zero-order valence-corrected chi connectivity index (χ0v) is 18.2. The number of hydrogen-bond donors (Lipinski definition) is 0. The van der Waals surface area contributed by atoms with Gasteiger partial charge in [0.15, 0.2) is 4.90 Å². The second-order valence-corrected chi connectivity index (χ2v) is 8.58. The maximum absolute atomic E-state index is 12.4. The van der Waals surface area contributed by atoms with Gasteiger partial charge >= 0.3 is 0 Å². The molecule has 2 aromatic carbocycles. The van der Waals surface area contributed by atoms with Gasteiger partial charge in [0.25, 0.3) is 0 Å². The number of rotatable bonds is 10. The number of hydrogen-bond acceptors (Lipinski definition) is 3. The zero-order chi connectivity index (χ0) is 18.9. The molecule has 2 aromatic rings. The predicted molar refractivity (Wildman–Crippen MR) is 115 cm³/mol. The molecule has 0 fully saturated rings. The second kappa shape index (κ2) is 10.9. The number of ether oxygens (including phenoxy) is 1. The molecular weight excluding hydrogens is 410 g/mol. The van der Waals surface area contributed by atoms with Crippen LogP contribution in [-0.4, -0.2) is 23.9 Å². The van der Waals surface area contributed by atoms with Crippen molar-refractivity contribution in [2.24, 2.45) is 0 Å². The van der Waals surface area contributed by atoms with Gasteiger partial charge in [0, 0.05) is 23.6 Å². The van der Waals surface area contributed by atoms with E-state index in [0.717, 1.165) is 59.6 Å². The Balaban J connectivity index is 2.49. The summed E-state index contributed by atoms with van der Waals surface area (Å²) in [5.74, 6) is 1.46. The van der Waals surface area contributed by atoms with Crippen LogP contribution in [-0.2, 0) is 11.2 Å². The van der Waals surface area contributed by atoms with Crippen LogP contribution in [0.25, 0.3) is 0 Å². The van der Waals surface area contributed by atoms with Crippen molar-refractivity contribution in [3.63, 3.8) is 0 Å². The first kappa shape index (κ1) is 21.1. The Labute approximate surface area is 169 Å². The fourth-order valence-corrected chi connectivity index (χ4v) is 4.06. The van der Waals surface area contributed by atoms with Crippen molar-refractivity contribution in [1.29, 1.82) is 0 Å². The maximum Gasteiger partial charge on any atom is 0.205 e. The molecule has 0 heterocycles. The minimum Gasteiger partial charge on any atom is -0.612 e. The van der Waals surface area contributed by atoms with E-state index < -0.39 is 11.2 Å². The van der Waals surface area contributed by atoms with Crippen LogP contribution in [0.5, 0.6) is 11.5 Å². The fourth-order valence-electron chi connectivity index (χ4n) is 2.76. The molecule has 142 valence electrons. The van der Waals surface area contributed by atoms with Gasteiger partial charge in [-0.1, -0.05) is 60.8 Å². The van der Waals surface area contributed by atoms with Gasteiger partial charge < -0.3 is 14.2 Å². The van der Waals surface area contributed by atoms with Crippen molar-refractivity contribution in [2.75, 3.05) is 24.2 Å². The summed E-state index contributed by atoms with van der Waals surface area (Å²) in [6.45, 7) is 6.33. The van der Waals surface area contributed by atoms with Crippen LogP contribution in [0.15, 0.2) is 51.8 Å². The van der Waals surface area contributed by atoms with Crippen molar-refractivity contribution < 1.29 is 9.29 Å². The first-order valence-electron chi connectivity index (χ1n) is 9.21. The number of nitrogens with zero attached hydrogens (tertiary/aromatic N) is 1. The van der Waals surface area contributed by atoms with Crippen molar-refractivity contribution in [3.05, 3.63) is 46.9 Å². The summed E-state index contributed by atoms with van der Waals surface area (Å²) in [6.07, 6.45) is 6.21. The molecule has 1 atom stereocenters. The monoisotopic (exact) mass is 437 g/mol. The molecule has 0 spiro atoms. The lowest BCUT2D eigenvalue weighted by molar-refractivity contribution is 0.465. The Hall–Kier alpha value is -1.17. The van der Waals surface area contributed by atoms with Crippen molar-refractivity contribution >= 4 is 32.8 Å². The van der Waals surface area contributed by atoms with Gasteiger partial charge in [-0.05, 0) is 42.2 Å². The summed E-state index contributed by atoms with van der Waals surface area (Å²) in [5, 5.41) is 0. The Kier molecular flexibility index (Phi) is 8.82. The van der Waals surface area contributed by atoms with Crippen LogP contribution < -0.4 is 9.64 Å². The summed E-state index contributed by atoms with van der Waals surface area (Å²) in [4.78, 5) is 3.09. The molecule has 0 aliphatic rings. The largest absolute Gasteiger partial charge is 0.612 e. The van der Waals surface area contributed by atoms with E-state index in [1.54, 1.807) is 6.26 Å². The highest BCUT2D eigenvalue weighted by atomic mass is 79.9. The van der Waals surface area contributed by atoms with Gasteiger partial charge in [0.2, 0.25) is 5.75 Å². The van der Waals surface area contributed by atoms with E-state index in [0.29, 0.717) is 5.75 Å². The first-order valence-corrected chi connectivity index (χ1v) is 11.6. The summed E-state index contributed by atoms with van der Waals surface area (Å²) in [7, 11) is 0. The Morgan fingerprint density at radius 2 is 1.65 bits per heavy atom. The highest BCUT2D eigenvalue weighted by molar-refractivity contribution is 9.10. The number of unbranched alkanes of at least 4 members (excludes halogenated alkanes) is 2. The van der Waals surface area contributed by atoms with Crippen LogP contribution in [0.1, 0.15) is 39.5 Å². The van der Waals surface area contributed by atoms with E-state index in [2.05, 4.69) is 40.7 Å². The molecule has 0 N–H and O–H groups in total. The molecule has 0 bridgehead atoms. The molecule has 2 rings (SSSR count). The van der Waals surface area contributed by atoms with Crippen LogP contribution in [0.2, 0.25) is 0 Å². The predicted octanol–water partition coefficient (Wildman–Crippen LogP) is 6.39. The maximum atomic E-state index is 12.4. The average Bonchev–Trinajstić information content (AvgIpc) is 2.64. The number of para-hydroxylation sites is 1. The van der Waals surface area contributed by atoms with E-state index in [1.165, 1.54) is 0 Å². The SMILES string of the molecule is CCCCN(CCCC)c1cc(Br)cc([S+](C)[O-])c1Oc1ccccc1. The normalized spacial score (nSPS) is 12.0. The van der Waals surface area contributed by atoms with Gasteiger partial charge in [-0.15, -0.1) is 0 Å². The molecule has 0 aliphatic heterocycles. The van der Waals surface area contributed by atoms with Crippen molar-refractivity contribution in [1.82, 2.24) is 0 Å². The van der Waals surface area contributed by atoms with Crippen LogP contribution in [0, 0.1) is 0 Å². The van der Waals surface area contributed by atoms with E-state index in [-0.39, 0.29) is 0 Å². The molecule has 0 amide bonds. The Bertz CT molecular complexity index is 671. The molecule has 0 aromatic heterocycles. The van der Waals surface area contributed by atoms with E-state index in [4.69, 9.17) is 4.74 Å². The van der Waals surface area contributed by atoms with Gasteiger partial charge in [-0.2, -0.15) is 0 Å². The molecule has 0 aliphatic carbocycles. The molecule has 0 radical (unpaired) electrons. The van der Waals surface area contributed by atoms with Crippen LogP contribution in [0.3, 0.4) is 0 Å². The lowest BCUT2D eigenvalue weighted by atomic mass is 10.2. The van der Waals surface area contributed by atoms with E-state index in [9.17, 15) is 4.55 Å². The Morgan fingerprint density at radius 3 is 2.19 bits per heavy atom. The second-order valence-electron chi connectivity index (χ2n) is 6.32. The zero-order valence-electron chi connectivity index (χ0n) is 15.8.